The lowest BCUT2D eigenvalue weighted by Gasteiger charge is -2.04. The van der Waals surface area contributed by atoms with Crippen molar-refractivity contribution >= 4 is 57.3 Å². The number of rotatable bonds is 10. The molecule has 14 heteroatoms. The van der Waals surface area contributed by atoms with Crippen molar-refractivity contribution in [3.63, 3.8) is 0 Å². The lowest BCUT2D eigenvalue weighted by atomic mass is 10.2. The summed E-state index contributed by atoms with van der Waals surface area (Å²) in [5.74, 6) is -3.11. The number of nitro benzene ring substituents is 1. The summed E-state index contributed by atoms with van der Waals surface area (Å²) in [4.78, 5) is 52.9. The van der Waals surface area contributed by atoms with E-state index in [1.54, 1.807) is 0 Å². The fourth-order valence-electron chi connectivity index (χ4n) is 1.86. The molecule has 1 amide bonds. The zero-order valence-electron chi connectivity index (χ0n) is 14.9. The van der Waals surface area contributed by atoms with Gasteiger partial charge < -0.3 is 20.0 Å². The number of non-ortho nitro benzene ring substituents is 1. The average Bonchev–Trinajstić information content (AvgIpc) is 3.17. The smallest absolute Gasteiger partial charge is 0.360 e. The first-order valence-corrected chi connectivity index (χ1v) is 9.35. The van der Waals surface area contributed by atoms with Crippen LogP contribution in [-0.4, -0.2) is 51.1 Å². The van der Waals surface area contributed by atoms with Gasteiger partial charge in [-0.15, -0.1) is 22.9 Å². The summed E-state index contributed by atoms with van der Waals surface area (Å²) < 4.78 is 4.91. The zero-order valence-corrected chi connectivity index (χ0v) is 16.5. The van der Waals surface area contributed by atoms with Crippen LogP contribution in [0.3, 0.4) is 0 Å². The van der Waals surface area contributed by atoms with Gasteiger partial charge in [-0.2, -0.15) is 0 Å². The number of anilines is 1. The molecule has 0 saturated heterocycles. The Morgan fingerprint density at radius 2 is 2.00 bits per heavy atom. The normalized spacial score (nSPS) is 10.9. The van der Waals surface area contributed by atoms with Crippen LogP contribution in [0.2, 0.25) is 0 Å². The van der Waals surface area contributed by atoms with E-state index >= 15 is 0 Å². The van der Waals surface area contributed by atoms with Gasteiger partial charge in [-0.3, -0.25) is 14.9 Å². The van der Waals surface area contributed by atoms with Crippen molar-refractivity contribution in [2.75, 3.05) is 17.8 Å². The number of oxime groups is 1. The second kappa shape index (κ2) is 10.8. The number of carboxylic acids is 1. The summed E-state index contributed by atoms with van der Waals surface area (Å²) in [6, 6.07) is 5.38. The van der Waals surface area contributed by atoms with Crippen molar-refractivity contribution in [1.29, 1.82) is 0 Å². The van der Waals surface area contributed by atoms with E-state index in [4.69, 9.17) is 21.2 Å². The molecule has 0 saturated carbocycles. The number of alkyl halides is 1. The average molecular weight is 457 g/mol. The Bertz CT molecular complexity index is 976. The Labute approximate surface area is 177 Å². The summed E-state index contributed by atoms with van der Waals surface area (Å²) in [6.45, 7) is -0.838. The molecule has 1 heterocycles. The lowest BCUT2D eigenvalue weighted by molar-refractivity contribution is -0.384. The highest BCUT2D eigenvalue weighted by Crippen LogP contribution is 2.16. The van der Waals surface area contributed by atoms with E-state index in [-0.39, 0.29) is 29.0 Å². The van der Waals surface area contributed by atoms with E-state index in [0.717, 1.165) is 11.3 Å². The van der Waals surface area contributed by atoms with Gasteiger partial charge in [0.05, 0.1) is 4.92 Å². The molecule has 0 atom stereocenters. The quantitative estimate of drug-likeness (QED) is 0.178. The van der Waals surface area contributed by atoms with E-state index < -0.39 is 35.1 Å². The van der Waals surface area contributed by atoms with Crippen LogP contribution >= 0.6 is 22.9 Å². The molecular formula is C16H13ClN4O8S. The highest BCUT2D eigenvalue weighted by atomic mass is 35.5. The van der Waals surface area contributed by atoms with Gasteiger partial charge >= 0.3 is 11.9 Å². The Morgan fingerprint density at radius 3 is 2.60 bits per heavy atom. The number of nitrogens with zero attached hydrogens (tertiary/aromatic N) is 3. The molecule has 0 radical (unpaired) electrons. The van der Waals surface area contributed by atoms with Crippen LogP contribution in [0, 0.1) is 10.1 Å². The van der Waals surface area contributed by atoms with Crippen molar-refractivity contribution < 1.29 is 34.0 Å². The number of aliphatic carboxylic acids is 1. The van der Waals surface area contributed by atoms with Gasteiger partial charge in [0.2, 0.25) is 18.2 Å². The van der Waals surface area contributed by atoms with Gasteiger partial charge in [0.1, 0.15) is 18.2 Å². The molecule has 30 heavy (non-hydrogen) atoms. The van der Waals surface area contributed by atoms with Gasteiger partial charge in [-0.1, -0.05) is 5.16 Å². The minimum atomic E-state index is -1.46. The predicted octanol–water partition coefficient (Wildman–Crippen LogP) is 1.78. The number of benzene rings is 1. The van der Waals surface area contributed by atoms with Gasteiger partial charge in [-0.05, 0) is 17.7 Å². The Morgan fingerprint density at radius 1 is 1.30 bits per heavy atom. The minimum absolute atomic E-state index is 0.0865. The SMILES string of the molecule is O=C(CCl)Nc1nc(C(=NOCC(=O)OCc2ccc([N+](=O)[O-])cc2)C(=O)O)cs1. The third-order valence-corrected chi connectivity index (χ3v) is 4.20. The van der Waals surface area contributed by atoms with E-state index in [1.165, 1.54) is 29.6 Å². The number of nitro groups is 1. The van der Waals surface area contributed by atoms with Crippen LogP contribution in [0.15, 0.2) is 34.8 Å². The van der Waals surface area contributed by atoms with Crippen molar-refractivity contribution in [1.82, 2.24) is 4.98 Å². The van der Waals surface area contributed by atoms with Gasteiger partial charge in [0.15, 0.2) is 5.13 Å². The lowest BCUT2D eigenvalue weighted by Crippen LogP contribution is -2.18. The van der Waals surface area contributed by atoms with Crippen LogP contribution in [0.1, 0.15) is 11.3 Å². The number of halogens is 1. The molecular weight excluding hydrogens is 444 g/mol. The third kappa shape index (κ3) is 6.79. The Kier molecular flexibility index (Phi) is 8.19. The maximum absolute atomic E-state index is 11.7. The summed E-state index contributed by atoms with van der Waals surface area (Å²) in [5.41, 5.74) is -0.258. The molecule has 12 nitrogen and oxygen atoms in total. The summed E-state index contributed by atoms with van der Waals surface area (Å²) in [7, 11) is 0. The number of esters is 1. The summed E-state index contributed by atoms with van der Waals surface area (Å²) >= 11 is 6.31. The molecule has 158 valence electrons. The first-order chi connectivity index (χ1) is 14.3. The van der Waals surface area contributed by atoms with E-state index in [0.29, 0.717) is 5.56 Å². The van der Waals surface area contributed by atoms with Gasteiger partial charge in [0, 0.05) is 17.5 Å². The van der Waals surface area contributed by atoms with Crippen LogP contribution in [0.4, 0.5) is 10.8 Å². The second-order valence-corrected chi connectivity index (χ2v) is 6.45. The number of carboxylic acid groups (broad SMARTS) is 1. The minimum Gasteiger partial charge on any atom is -0.476 e. The second-order valence-electron chi connectivity index (χ2n) is 5.32. The van der Waals surface area contributed by atoms with Crippen molar-refractivity contribution in [2.24, 2.45) is 5.16 Å². The monoisotopic (exact) mass is 456 g/mol. The van der Waals surface area contributed by atoms with Crippen LogP contribution in [0.5, 0.6) is 0 Å². The molecule has 0 fully saturated rings. The molecule has 1 aromatic heterocycles. The van der Waals surface area contributed by atoms with E-state index in [9.17, 15) is 29.6 Å². The largest absolute Gasteiger partial charge is 0.476 e. The van der Waals surface area contributed by atoms with Crippen LogP contribution in [-0.2, 0) is 30.6 Å². The molecule has 0 unspecified atom stereocenters. The molecule has 0 spiro atoms. The number of hydrogen-bond acceptors (Lipinski definition) is 10. The van der Waals surface area contributed by atoms with E-state index in [2.05, 4.69) is 15.5 Å². The van der Waals surface area contributed by atoms with E-state index in [1.807, 2.05) is 0 Å². The molecule has 2 rings (SSSR count). The zero-order chi connectivity index (χ0) is 22.1. The number of nitrogens with one attached hydrogen (secondary N) is 1. The van der Waals surface area contributed by atoms with Crippen LogP contribution in [0.25, 0.3) is 0 Å². The molecule has 0 aliphatic rings. The molecule has 2 N–H and O–H groups in total. The number of carbonyl (C=O) groups excluding carboxylic acids is 2. The molecule has 0 bridgehead atoms. The number of thiazole rings is 1. The number of aromatic nitrogens is 1. The topological polar surface area (TPSA) is 170 Å². The third-order valence-electron chi connectivity index (χ3n) is 3.20. The highest BCUT2D eigenvalue weighted by molar-refractivity contribution is 7.14. The number of ether oxygens (including phenoxy) is 1. The summed E-state index contributed by atoms with van der Waals surface area (Å²) in [6.07, 6.45) is 0. The van der Waals surface area contributed by atoms with Crippen LogP contribution < -0.4 is 5.32 Å². The maximum atomic E-state index is 11.7. The molecule has 0 aliphatic carbocycles. The standard InChI is InChI=1S/C16H13ClN4O8S/c17-5-12(22)19-16-18-11(8-30-16)14(15(24)25)20-29-7-13(23)28-6-9-1-3-10(4-2-9)21(26)27/h1-4,8H,5-7H2,(H,24,25)(H,18,19,22). The fourth-order valence-corrected chi connectivity index (χ4v) is 2.64. The molecule has 0 aliphatic heterocycles. The van der Waals surface area contributed by atoms with Gasteiger partial charge in [-0.25, -0.2) is 14.6 Å². The number of amides is 1. The predicted molar refractivity (Wildman–Crippen MR) is 104 cm³/mol. The molecule has 2 aromatic rings. The molecule has 1 aromatic carbocycles. The fraction of sp³-hybridized carbons (Fsp3) is 0.188. The Hall–Kier alpha value is -3.58. The van der Waals surface area contributed by atoms with Crippen molar-refractivity contribution in [2.45, 2.75) is 6.61 Å². The first-order valence-electron chi connectivity index (χ1n) is 7.94. The summed E-state index contributed by atoms with van der Waals surface area (Å²) in [5, 5.41) is 27.0. The maximum Gasteiger partial charge on any atom is 0.360 e. The van der Waals surface area contributed by atoms with Crippen molar-refractivity contribution in [3.05, 3.63) is 51.0 Å². The Balaban J connectivity index is 1.89. The highest BCUT2D eigenvalue weighted by Gasteiger charge is 2.19. The van der Waals surface area contributed by atoms with Gasteiger partial charge in [0.25, 0.3) is 5.69 Å². The number of carbonyl (C=O) groups is 3. The first kappa shape index (κ1) is 22.7. The number of hydrogen-bond donors (Lipinski definition) is 2. The van der Waals surface area contributed by atoms with Crippen molar-refractivity contribution in [3.8, 4) is 0 Å².